The maximum atomic E-state index is 7.48. The first-order valence-corrected chi connectivity index (χ1v) is 31.1. The predicted molar refractivity (Wildman–Crippen MR) is 349 cm³/mol. The van der Waals surface area contributed by atoms with Gasteiger partial charge in [-0.3, -0.25) is 0 Å². The van der Waals surface area contributed by atoms with Crippen LogP contribution in [0.15, 0.2) is 144 Å². The van der Waals surface area contributed by atoms with Gasteiger partial charge in [0.2, 0.25) is 0 Å². The molecule has 0 saturated carbocycles. The summed E-state index contributed by atoms with van der Waals surface area (Å²) in [4.78, 5) is 5.46. The molecule has 15 rings (SSSR count). The third kappa shape index (κ3) is 7.22. The molecule has 3 aromatic heterocycles. The van der Waals surface area contributed by atoms with Crippen LogP contribution in [0.5, 0.6) is 0 Å². The van der Waals surface area contributed by atoms with Crippen LogP contribution in [0, 0.1) is 0 Å². The Bertz CT molecular complexity index is 4450. The van der Waals surface area contributed by atoms with E-state index in [1.54, 1.807) is 0 Å². The van der Waals surface area contributed by atoms with E-state index in [0.717, 1.165) is 46.2 Å². The Morgan fingerprint density at radius 1 is 0.450 bits per heavy atom. The van der Waals surface area contributed by atoms with Crippen LogP contribution >= 0.6 is 22.7 Å². The van der Waals surface area contributed by atoms with Crippen LogP contribution in [0.3, 0.4) is 0 Å². The summed E-state index contributed by atoms with van der Waals surface area (Å²) in [5, 5.41) is 6.32. The van der Waals surface area contributed by atoms with Crippen molar-refractivity contribution in [2.75, 3.05) is 9.71 Å². The Morgan fingerprint density at radius 2 is 0.988 bits per heavy atom. The zero-order valence-corrected chi connectivity index (χ0v) is 50.9. The molecule has 2 aliphatic heterocycles. The van der Waals surface area contributed by atoms with Crippen molar-refractivity contribution in [3.63, 3.8) is 0 Å². The van der Waals surface area contributed by atoms with Crippen molar-refractivity contribution in [1.82, 2.24) is 0 Å². The first-order valence-electron chi connectivity index (χ1n) is 29.4. The third-order valence-electron chi connectivity index (χ3n) is 19.9. The van der Waals surface area contributed by atoms with E-state index >= 15 is 0 Å². The van der Waals surface area contributed by atoms with Crippen LogP contribution < -0.4 is 20.0 Å². The van der Waals surface area contributed by atoms with Gasteiger partial charge in [0.15, 0.2) is 5.58 Å². The minimum atomic E-state index is -0.179. The number of anilines is 5. The van der Waals surface area contributed by atoms with E-state index in [-0.39, 0.29) is 39.3 Å². The van der Waals surface area contributed by atoms with Crippen molar-refractivity contribution < 1.29 is 4.42 Å². The highest BCUT2D eigenvalue weighted by Crippen LogP contribution is 2.58. The maximum Gasteiger partial charge on any atom is 0.343 e. The highest BCUT2D eigenvalue weighted by Gasteiger charge is 2.50. The second kappa shape index (κ2) is 16.5. The molecule has 0 N–H and O–H groups in total. The molecule has 0 amide bonds. The largest absolute Gasteiger partial charge is 0.454 e. The summed E-state index contributed by atoms with van der Waals surface area (Å²) in [5.74, 6) is 0. The summed E-state index contributed by atoms with van der Waals surface area (Å²) in [6, 6.07) is 55.0. The average molecular weight is 1080 g/mol. The zero-order chi connectivity index (χ0) is 55.5. The second-order valence-corrected chi connectivity index (χ2v) is 31.2. The summed E-state index contributed by atoms with van der Waals surface area (Å²) in [7, 11) is 0. The van der Waals surface area contributed by atoms with Gasteiger partial charge in [-0.05, 0) is 181 Å². The van der Waals surface area contributed by atoms with E-state index in [9.17, 15) is 0 Å². The number of fused-ring (bicyclic) bond motifs is 15. The molecule has 6 heteroatoms. The first-order chi connectivity index (χ1) is 37.9. The first kappa shape index (κ1) is 50.4. The van der Waals surface area contributed by atoms with Crippen LogP contribution in [0.1, 0.15) is 156 Å². The number of benzene rings is 8. The molecule has 0 fully saturated rings. The number of thiophene rings is 2. The van der Waals surface area contributed by atoms with Gasteiger partial charge in [0.25, 0.3) is 0 Å². The van der Waals surface area contributed by atoms with Gasteiger partial charge in [0, 0.05) is 68.3 Å². The minimum absolute atomic E-state index is 0.000189. The molecular weight excluding hydrogens is 1010 g/mol. The van der Waals surface area contributed by atoms with E-state index in [1.165, 1.54) is 126 Å². The highest BCUT2D eigenvalue weighted by atomic mass is 32.1. The zero-order valence-electron chi connectivity index (χ0n) is 49.3. The summed E-state index contributed by atoms with van der Waals surface area (Å²) < 4.78 is 12.9. The van der Waals surface area contributed by atoms with Gasteiger partial charge in [-0.15, -0.1) is 22.7 Å². The lowest BCUT2D eigenvalue weighted by molar-refractivity contribution is 0.332. The average Bonchev–Trinajstić information content (AvgIpc) is 2.24. The summed E-state index contributed by atoms with van der Waals surface area (Å²) in [5.41, 5.74) is 23.0. The molecule has 3 nitrogen and oxygen atoms in total. The monoisotopic (exact) mass is 1080 g/mol. The minimum Gasteiger partial charge on any atom is -0.454 e. The van der Waals surface area contributed by atoms with E-state index in [4.69, 9.17) is 4.42 Å². The molecule has 11 aromatic rings. The number of hydrogen-bond acceptors (Lipinski definition) is 5. The third-order valence-corrected chi connectivity index (χ3v) is 22.2. The van der Waals surface area contributed by atoms with E-state index in [0.29, 0.717) is 0 Å². The van der Waals surface area contributed by atoms with Crippen molar-refractivity contribution in [1.29, 1.82) is 0 Å². The van der Waals surface area contributed by atoms with Gasteiger partial charge in [-0.2, -0.15) is 0 Å². The maximum absolute atomic E-state index is 7.48. The fourth-order valence-electron chi connectivity index (χ4n) is 14.8. The highest BCUT2D eigenvalue weighted by molar-refractivity contribution is 7.32. The van der Waals surface area contributed by atoms with Gasteiger partial charge >= 0.3 is 6.85 Å². The molecule has 0 saturated heterocycles. The fraction of sp³-hybridized carbons (Fsp3) is 0.324. The molecule has 400 valence electrons. The van der Waals surface area contributed by atoms with Gasteiger partial charge in [-0.25, -0.2) is 0 Å². The standard InChI is InChI=1S/C74H73BN2OS2/c1-69(2,3)43-24-27-45(28-25-43)77-59-41-63-49(50-37-54-56(39-61(50)79-63)73(11,12)32-30-71(54,7)8)35-48(59)51-36-52-46-22-18-19-23-60(46)78-67(52)66-64(51)75(77)68-65(53-38-55-57(40-62(53)80-68)74(13,14)33-31-72(55,9)10)76(66)58-29-26-44(70(4,5)6)34-47(58)42-20-16-15-17-21-42/h15-29,34-41H,30-33H2,1-14H3. The predicted octanol–water partition coefficient (Wildman–Crippen LogP) is 20.8. The number of nitrogens with zero attached hydrogens (tertiary/aromatic N) is 2. The lowest BCUT2D eigenvalue weighted by atomic mass is 9.46. The van der Waals surface area contributed by atoms with E-state index < -0.39 is 0 Å². The van der Waals surface area contributed by atoms with E-state index in [1.807, 2.05) is 22.7 Å². The van der Waals surface area contributed by atoms with Gasteiger partial charge < -0.3 is 14.1 Å². The molecule has 8 aromatic carbocycles. The van der Waals surface area contributed by atoms with Crippen LogP contribution in [0.25, 0.3) is 74.5 Å². The number of hydrogen-bond donors (Lipinski definition) is 0. The van der Waals surface area contributed by atoms with Crippen molar-refractivity contribution in [3.8, 4) is 22.3 Å². The molecule has 0 radical (unpaired) electrons. The topological polar surface area (TPSA) is 19.6 Å². The second-order valence-electron chi connectivity index (χ2n) is 29.0. The van der Waals surface area contributed by atoms with Crippen molar-refractivity contribution >= 4 is 120 Å². The van der Waals surface area contributed by atoms with Crippen molar-refractivity contribution in [2.24, 2.45) is 0 Å². The Kier molecular flexibility index (Phi) is 10.4. The summed E-state index contributed by atoms with van der Waals surface area (Å²) >= 11 is 4.00. The molecule has 2 aliphatic carbocycles. The lowest BCUT2D eigenvalue weighted by Crippen LogP contribution is -2.60. The SMILES string of the molecule is CC(C)(C)c1ccc(N2B3c4sc5cc6c(cc5c4N(c4ccc(C(C)(C)C)cc4-c4ccccc4)c4c3c(cc3c4oc4ccccc43)-c3cc4c(cc32)sc2cc3c(cc24)C(C)(C)CCC3(C)C)C(C)(C)CCC6(C)C)cc1. The molecule has 4 aliphatic rings. The summed E-state index contributed by atoms with van der Waals surface area (Å²) in [6.45, 7) is 33.6. The quantitative estimate of drug-likeness (QED) is 0.164. The Balaban J connectivity index is 1.13. The molecule has 80 heavy (non-hydrogen) atoms. The normalized spacial score (nSPS) is 17.8. The van der Waals surface area contributed by atoms with Crippen LogP contribution in [-0.4, -0.2) is 6.85 Å². The van der Waals surface area contributed by atoms with Crippen molar-refractivity contribution in [3.05, 3.63) is 173 Å². The summed E-state index contributed by atoms with van der Waals surface area (Å²) in [6.07, 6.45) is 4.69. The molecule has 0 unspecified atom stereocenters. The Morgan fingerprint density at radius 3 is 1.62 bits per heavy atom. The smallest absolute Gasteiger partial charge is 0.343 e. The lowest BCUT2D eigenvalue weighted by Gasteiger charge is -2.45. The molecule has 0 spiro atoms. The number of para-hydroxylation sites is 1. The van der Waals surface area contributed by atoms with E-state index in [2.05, 4.69) is 246 Å². The van der Waals surface area contributed by atoms with Gasteiger partial charge in [0.05, 0.1) is 17.1 Å². The number of rotatable bonds is 3. The van der Waals surface area contributed by atoms with Crippen LogP contribution in [0.4, 0.5) is 28.4 Å². The van der Waals surface area contributed by atoms with Crippen LogP contribution in [0.2, 0.25) is 0 Å². The van der Waals surface area contributed by atoms with Crippen LogP contribution in [-0.2, 0) is 32.5 Å². The van der Waals surface area contributed by atoms with Gasteiger partial charge in [0.1, 0.15) is 5.58 Å². The Hall–Kier alpha value is -6.60. The molecule has 0 atom stereocenters. The molecule has 0 bridgehead atoms. The fourth-order valence-corrected chi connectivity index (χ4v) is 17.2. The molecule has 5 heterocycles. The van der Waals surface area contributed by atoms with Crippen molar-refractivity contribution in [2.45, 2.75) is 155 Å². The molecular formula is C74H73BN2OS2. The Labute approximate surface area is 481 Å². The van der Waals surface area contributed by atoms with Gasteiger partial charge in [-0.1, -0.05) is 164 Å². The number of furan rings is 1.